The number of aromatic nitrogens is 1. The number of rotatable bonds is 5. The molecule has 0 unspecified atom stereocenters. The standard InChI is InChI=1S/C14H19BN2O5S/c1-14(2,3)22-13(18)17-6-7-21-11-8-10-12(23-11)9(15(19)20)4-5-16-10/h4-5,8,19-20H,6-7H2,1-3H3,(H,17,18). The Bertz CT molecular complexity index is 683. The number of hydrogen-bond acceptors (Lipinski definition) is 7. The summed E-state index contributed by atoms with van der Waals surface area (Å²) in [5.41, 5.74) is 0.487. The van der Waals surface area contributed by atoms with Crippen LogP contribution >= 0.6 is 11.3 Å². The van der Waals surface area contributed by atoms with Gasteiger partial charge >= 0.3 is 13.2 Å². The van der Waals surface area contributed by atoms with Crippen LogP contribution in [0.1, 0.15) is 20.8 Å². The largest absolute Gasteiger partial charge is 0.490 e. The molecule has 9 heteroatoms. The van der Waals surface area contributed by atoms with Gasteiger partial charge in [-0.1, -0.05) is 11.3 Å². The van der Waals surface area contributed by atoms with Gasteiger partial charge in [-0.2, -0.15) is 0 Å². The fourth-order valence-electron chi connectivity index (χ4n) is 1.83. The van der Waals surface area contributed by atoms with E-state index in [1.165, 1.54) is 17.5 Å². The van der Waals surface area contributed by atoms with Crippen LogP contribution in [0.4, 0.5) is 4.79 Å². The van der Waals surface area contributed by atoms with Crippen molar-refractivity contribution in [1.29, 1.82) is 0 Å². The fraction of sp³-hybridized carbons (Fsp3) is 0.429. The number of pyridine rings is 1. The summed E-state index contributed by atoms with van der Waals surface area (Å²) >= 11 is 1.27. The van der Waals surface area contributed by atoms with Gasteiger partial charge in [0.25, 0.3) is 0 Å². The number of alkyl carbamates (subject to hydrolysis) is 1. The van der Waals surface area contributed by atoms with Crippen LogP contribution in [0.25, 0.3) is 10.2 Å². The molecule has 0 radical (unpaired) electrons. The smallest absolute Gasteiger partial charge is 0.482 e. The Hall–Kier alpha value is -1.84. The van der Waals surface area contributed by atoms with Gasteiger partial charge in [-0.15, -0.1) is 0 Å². The van der Waals surface area contributed by atoms with Crippen molar-refractivity contribution in [3.63, 3.8) is 0 Å². The number of amides is 1. The predicted molar refractivity (Wildman–Crippen MR) is 89.2 cm³/mol. The van der Waals surface area contributed by atoms with Gasteiger partial charge in [0.2, 0.25) is 0 Å². The summed E-state index contributed by atoms with van der Waals surface area (Å²) in [6.45, 7) is 5.94. The summed E-state index contributed by atoms with van der Waals surface area (Å²) in [4.78, 5) is 15.6. The Kier molecular flexibility index (Phi) is 5.45. The first kappa shape index (κ1) is 17.5. The van der Waals surface area contributed by atoms with E-state index in [0.717, 1.165) is 0 Å². The van der Waals surface area contributed by atoms with Crippen molar-refractivity contribution in [1.82, 2.24) is 10.3 Å². The first-order valence-corrected chi connectivity index (χ1v) is 7.92. The van der Waals surface area contributed by atoms with E-state index < -0.39 is 18.8 Å². The van der Waals surface area contributed by atoms with E-state index in [9.17, 15) is 14.8 Å². The summed E-state index contributed by atoms with van der Waals surface area (Å²) in [5.74, 6) is 0. The molecule has 0 spiro atoms. The first-order valence-electron chi connectivity index (χ1n) is 7.10. The molecule has 0 aliphatic heterocycles. The van der Waals surface area contributed by atoms with E-state index >= 15 is 0 Å². The van der Waals surface area contributed by atoms with E-state index in [4.69, 9.17) is 9.47 Å². The minimum Gasteiger partial charge on any atom is -0.482 e. The number of fused-ring (bicyclic) bond motifs is 1. The molecular weight excluding hydrogens is 319 g/mol. The van der Waals surface area contributed by atoms with Crippen molar-refractivity contribution in [2.75, 3.05) is 13.2 Å². The van der Waals surface area contributed by atoms with Crippen molar-refractivity contribution < 1.29 is 24.3 Å². The zero-order chi connectivity index (χ0) is 17.0. The zero-order valence-electron chi connectivity index (χ0n) is 13.2. The molecule has 124 valence electrons. The molecule has 2 rings (SSSR count). The van der Waals surface area contributed by atoms with Gasteiger partial charge in [-0.25, -0.2) is 4.79 Å². The number of hydrogen-bond donors (Lipinski definition) is 3. The van der Waals surface area contributed by atoms with Gasteiger partial charge in [0.15, 0.2) is 5.06 Å². The molecule has 2 heterocycles. The second-order valence-corrected chi connectivity index (χ2v) is 6.85. The molecule has 0 aromatic carbocycles. The summed E-state index contributed by atoms with van der Waals surface area (Å²) in [6, 6.07) is 3.27. The Morgan fingerprint density at radius 2 is 2.17 bits per heavy atom. The number of thiophene rings is 1. The highest BCUT2D eigenvalue weighted by molar-refractivity contribution is 7.22. The topological polar surface area (TPSA) is 101 Å². The fourth-order valence-corrected chi connectivity index (χ4v) is 2.85. The lowest BCUT2D eigenvalue weighted by Gasteiger charge is -2.19. The van der Waals surface area contributed by atoms with E-state index in [0.29, 0.717) is 27.3 Å². The maximum atomic E-state index is 11.5. The maximum absolute atomic E-state index is 11.5. The highest BCUT2D eigenvalue weighted by Crippen LogP contribution is 2.29. The highest BCUT2D eigenvalue weighted by Gasteiger charge is 2.18. The molecule has 3 N–H and O–H groups in total. The number of carbonyl (C=O) groups excluding carboxylic acids is 1. The molecule has 1 amide bonds. The molecule has 23 heavy (non-hydrogen) atoms. The second-order valence-electron chi connectivity index (χ2n) is 5.83. The first-order chi connectivity index (χ1) is 10.8. The molecule has 7 nitrogen and oxygen atoms in total. The van der Waals surface area contributed by atoms with Crippen LogP contribution in [0.5, 0.6) is 5.06 Å². The molecule has 0 saturated carbocycles. The Morgan fingerprint density at radius 1 is 1.43 bits per heavy atom. The van der Waals surface area contributed by atoms with Gasteiger partial charge in [-0.05, 0) is 26.8 Å². The SMILES string of the molecule is CC(C)(C)OC(=O)NCCOc1cc2nccc(B(O)O)c2s1. The predicted octanol–water partition coefficient (Wildman–Crippen LogP) is 0.880. The van der Waals surface area contributed by atoms with Gasteiger partial charge in [-0.3, -0.25) is 4.98 Å². The van der Waals surface area contributed by atoms with Crippen molar-refractivity contribution in [2.45, 2.75) is 26.4 Å². The van der Waals surface area contributed by atoms with Crippen molar-refractivity contribution in [3.05, 3.63) is 18.3 Å². The summed E-state index contributed by atoms with van der Waals surface area (Å²) in [7, 11) is -1.55. The minimum absolute atomic E-state index is 0.267. The van der Waals surface area contributed by atoms with E-state index in [1.807, 2.05) is 0 Å². The van der Waals surface area contributed by atoms with E-state index in [1.54, 1.807) is 32.9 Å². The van der Waals surface area contributed by atoms with Crippen LogP contribution in [0.2, 0.25) is 0 Å². The van der Waals surface area contributed by atoms with Crippen LogP contribution in [0, 0.1) is 0 Å². The summed E-state index contributed by atoms with van der Waals surface area (Å²) in [5, 5.41) is 21.8. The number of nitrogens with one attached hydrogen (secondary N) is 1. The molecule has 0 aliphatic rings. The molecule has 2 aromatic rings. The number of nitrogens with zero attached hydrogens (tertiary/aromatic N) is 1. The third-order valence-electron chi connectivity index (χ3n) is 2.71. The molecule has 0 fully saturated rings. The van der Waals surface area contributed by atoms with Crippen LogP contribution < -0.4 is 15.5 Å². The maximum Gasteiger partial charge on any atom is 0.490 e. The Morgan fingerprint density at radius 3 is 2.83 bits per heavy atom. The zero-order valence-corrected chi connectivity index (χ0v) is 14.0. The van der Waals surface area contributed by atoms with Gasteiger partial charge < -0.3 is 24.8 Å². The summed E-state index contributed by atoms with van der Waals surface area (Å²) in [6.07, 6.45) is 1.02. The molecular formula is C14H19BN2O5S. The van der Waals surface area contributed by atoms with Crippen LogP contribution in [0.15, 0.2) is 18.3 Å². The lowest BCUT2D eigenvalue weighted by molar-refractivity contribution is 0.0520. The highest BCUT2D eigenvalue weighted by atomic mass is 32.1. The minimum atomic E-state index is -1.55. The Balaban J connectivity index is 1.88. The molecule has 0 aliphatic carbocycles. The van der Waals surface area contributed by atoms with Gasteiger partial charge in [0.05, 0.1) is 16.8 Å². The van der Waals surface area contributed by atoms with E-state index in [-0.39, 0.29) is 6.61 Å². The van der Waals surface area contributed by atoms with Crippen molar-refractivity contribution >= 4 is 40.2 Å². The Labute approximate surface area is 138 Å². The second kappa shape index (κ2) is 7.16. The lowest BCUT2D eigenvalue weighted by Crippen LogP contribution is -2.34. The van der Waals surface area contributed by atoms with Crippen LogP contribution in [-0.4, -0.2) is 47.0 Å². The van der Waals surface area contributed by atoms with Gasteiger partial charge in [0.1, 0.15) is 12.2 Å². The summed E-state index contributed by atoms with van der Waals surface area (Å²) < 4.78 is 11.3. The normalized spacial score (nSPS) is 11.3. The quantitative estimate of drug-likeness (QED) is 0.553. The van der Waals surface area contributed by atoms with Crippen LogP contribution in [0.3, 0.4) is 0 Å². The molecule has 2 aromatic heterocycles. The van der Waals surface area contributed by atoms with Crippen molar-refractivity contribution in [3.8, 4) is 5.06 Å². The third kappa shape index (κ3) is 5.09. The average molecular weight is 338 g/mol. The van der Waals surface area contributed by atoms with E-state index in [2.05, 4.69) is 10.3 Å². The third-order valence-corrected chi connectivity index (χ3v) is 3.80. The molecule has 0 bridgehead atoms. The molecule has 0 saturated heterocycles. The number of ether oxygens (including phenoxy) is 2. The van der Waals surface area contributed by atoms with Crippen LogP contribution in [-0.2, 0) is 4.74 Å². The van der Waals surface area contributed by atoms with Crippen molar-refractivity contribution in [2.24, 2.45) is 0 Å². The van der Waals surface area contributed by atoms with Gasteiger partial charge in [0, 0.05) is 17.7 Å². The lowest BCUT2D eigenvalue weighted by atomic mass is 9.81. The molecule has 0 atom stereocenters. The number of carbonyl (C=O) groups is 1. The average Bonchev–Trinajstić information content (AvgIpc) is 2.83. The monoisotopic (exact) mass is 338 g/mol.